The summed E-state index contributed by atoms with van der Waals surface area (Å²) in [6, 6.07) is 0.307. The maximum absolute atomic E-state index is 9.77. The van der Waals surface area contributed by atoms with Crippen molar-refractivity contribution in [1.82, 2.24) is 5.32 Å². The molecule has 2 nitrogen and oxygen atoms in total. The fourth-order valence-corrected chi connectivity index (χ4v) is 1.77. The van der Waals surface area contributed by atoms with Crippen LogP contribution < -0.4 is 5.32 Å². The van der Waals surface area contributed by atoms with Crippen molar-refractivity contribution < 1.29 is 5.11 Å². The van der Waals surface area contributed by atoms with Crippen molar-refractivity contribution >= 4 is 0 Å². The van der Waals surface area contributed by atoms with Gasteiger partial charge >= 0.3 is 0 Å². The Kier molecular flexibility index (Phi) is 2.32. The maximum atomic E-state index is 9.77. The first-order valence-electron chi connectivity index (χ1n) is 4.06. The lowest BCUT2D eigenvalue weighted by atomic mass is 9.82. The average molecular weight is 143 g/mol. The molecule has 1 aliphatic rings. The van der Waals surface area contributed by atoms with Gasteiger partial charge in [-0.15, -0.1) is 0 Å². The number of hydrogen-bond acceptors (Lipinski definition) is 2. The van der Waals surface area contributed by atoms with Crippen LogP contribution >= 0.6 is 0 Å². The lowest BCUT2D eigenvalue weighted by Gasteiger charge is -2.36. The van der Waals surface area contributed by atoms with Gasteiger partial charge < -0.3 is 10.4 Å². The van der Waals surface area contributed by atoms with Crippen molar-refractivity contribution in [3.05, 3.63) is 0 Å². The van der Waals surface area contributed by atoms with Crippen molar-refractivity contribution in [2.24, 2.45) is 0 Å². The van der Waals surface area contributed by atoms with Crippen LogP contribution in [0.3, 0.4) is 0 Å². The van der Waals surface area contributed by atoms with Gasteiger partial charge in [-0.25, -0.2) is 0 Å². The third-order valence-corrected chi connectivity index (χ3v) is 2.52. The van der Waals surface area contributed by atoms with Crippen LogP contribution in [-0.4, -0.2) is 23.8 Å². The Bertz CT molecular complexity index is 112. The molecule has 0 radical (unpaired) electrons. The summed E-state index contributed by atoms with van der Waals surface area (Å²) in [7, 11) is 1.92. The quantitative estimate of drug-likeness (QED) is 0.571. The molecule has 0 aliphatic heterocycles. The maximum Gasteiger partial charge on any atom is 0.0771 e. The molecule has 2 atom stereocenters. The Morgan fingerprint density at radius 3 is 2.60 bits per heavy atom. The summed E-state index contributed by atoms with van der Waals surface area (Å²) in [5.74, 6) is 0. The van der Waals surface area contributed by atoms with E-state index in [1.165, 1.54) is 12.8 Å². The average Bonchev–Trinajstić information content (AvgIpc) is 1.87. The fourth-order valence-electron chi connectivity index (χ4n) is 1.77. The second-order valence-electron chi connectivity index (χ2n) is 3.44. The molecule has 0 aromatic rings. The number of hydrogen-bond donors (Lipinski definition) is 2. The van der Waals surface area contributed by atoms with Gasteiger partial charge in [-0.1, -0.05) is 12.8 Å². The molecule has 10 heavy (non-hydrogen) atoms. The lowest BCUT2D eigenvalue weighted by Crippen LogP contribution is -2.49. The van der Waals surface area contributed by atoms with E-state index < -0.39 is 5.60 Å². The monoisotopic (exact) mass is 143 g/mol. The topological polar surface area (TPSA) is 32.3 Å². The van der Waals surface area contributed by atoms with Crippen LogP contribution in [0, 0.1) is 0 Å². The molecule has 0 heterocycles. The van der Waals surface area contributed by atoms with Gasteiger partial charge in [-0.3, -0.25) is 0 Å². The Hall–Kier alpha value is -0.0800. The molecule has 2 N–H and O–H groups in total. The largest absolute Gasteiger partial charge is 0.389 e. The summed E-state index contributed by atoms with van der Waals surface area (Å²) < 4.78 is 0. The zero-order chi connectivity index (χ0) is 7.61. The molecule has 0 amide bonds. The molecular formula is C8H17NO. The minimum atomic E-state index is -0.465. The van der Waals surface area contributed by atoms with Crippen molar-refractivity contribution in [1.29, 1.82) is 0 Å². The molecule has 0 saturated heterocycles. The van der Waals surface area contributed by atoms with E-state index in [0.717, 1.165) is 12.8 Å². The second kappa shape index (κ2) is 2.89. The Balaban J connectivity index is 2.51. The summed E-state index contributed by atoms with van der Waals surface area (Å²) in [4.78, 5) is 0. The van der Waals surface area contributed by atoms with Gasteiger partial charge in [0.05, 0.1) is 5.60 Å². The Morgan fingerprint density at radius 1 is 1.50 bits per heavy atom. The predicted molar refractivity (Wildman–Crippen MR) is 41.9 cm³/mol. The van der Waals surface area contributed by atoms with Gasteiger partial charge in [0.25, 0.3) is 0 Å². The second-order valence-corrected chi connectivity index (χ2v) is 3.44. The SMILES string of the molecule is CNC1CCCCC1(C)O. The molecule has 1 aliphatic carbocycles. The van der Waals surface area contributed by atoms with E-state index in [-0.39, 0.29) is 0 Å². The molecule has 1 rings (SSSR count). The van der Waals surface area contributed by atoms with E-state index >= 15 is 0 Å². The first kappa shape index (κ1) is 8.02. The predicted octanol–water partition coefficient (Wildman–Crippen LogP) is 0.899. The number of aliphatic hydroxyl groups is 1. The molecular weight excluding hydrogens is 126 g/mol. The molecule has 1 saturated carbocycles. The fraction of sp³-hybridized carbons (Fsp3) is 1.00. The first-order valence-corrected chi connectivity index (χ1v) is 4.06. The molecule has 2 heteroatoms. The van der Waals surface area contributed by atoms with Crippen LogP contribution in [0.25, 0.3) is 0 Å². The first-order chi connectivity index (χ1) is 4.67. The van der Waals surface area contributed by atoms with Gasteiger partial charge in [0.15, 0.2) is 0 Å². The minimum Gasteiger partial charge on any atom is -0.389 e. The van der Waals surface area contributed by atoms with E-state index in [1.54, 1.807) is 0 Å². The van der Waals surface area contributed by atoms with E-state index in [4.69, 9.17) is 0 Å². The van der Waals surface area contributed by atoms with Gasteiger partial charge in [0.1, 0.15) is 0 Å². The van der Waals surface area contributed by atoms with Crippen molar-refractivity contribution in [3.8, 4) is 0 Å². The highest BCUT2D eigenvalue weighted by atomic mass is 16.3. The van der Waals surface area contributed by atoms with E-state index in [1.807, 2.05) is 14.0 Å². The molecule has 0 spiro atoms. The Morgan fingerprint density at radius 2 is 2.20 bits per heavy atom. The van der Waals surface area contributed by atoms with Crippen LogP contribution in [0.5, 0.6) is 0 Å². The molecule has 2 unspecified atom stereocenters. The lowest BCUT2D eigenvalue weighted by molar-refractivity contribution is -0.00727. The third kappa shape index (κ3) is 1.50. The highest BCUT2D eigenvalue weighted by Gasteiger charge is 2.32. The highest BCUT2D eigenvalue weighted by Crippen LogP contribution is 2.27. The van der Waals surface area contributed by atoms with Gasteiger partial charge in [0.2, 0.25) is 0 Å². The molecule has 1 fully saturated rings. The van der Waals surface area contributed by atoms with E-state index in [2.05, 4.69) is 5.32 Å². The van der Waals surface area contributed by atoms with Crippen LogP contribution in [0.15, 0.2) is 0 Å². The van der Waals surface area contributed by atoms with Crippen molar-refractivity contribution in [2.75, 3.05) is 7.05 Å². The van der Waals surface area contributed by atoms with Gasteiger partial charge in [0, 0.05) is 6.04 Å². The highest BCUT2D eigenvalue weighted by molar-refractivity contribution is 4.90. The summed E-state index contributed by atoms with van der Waals surface area (Å²) in [6.45, 7) is 1.92. The molecule has 60 valence electrons. The summed E-state index contributed by atoms with van der Waals surface area (Å²) >= 11 is 0. The summed E-state index contributed by atoms with van der Waals surface area (Å²) in [5.41, 5.74) is -0.465. The zero-order valence-corrected chi connectivity index (χ0v) is 6.85. The Labute approximate surface area is 62.6 Å². The standard InChI is InChI=1S/C8H17NO/c1-8(10)6-4-3-5-7(8)9-2/h7,9-10H,3-6H2,1-2H3. The summed E-state index contributed by atoms with van der Waals surface area (Å²) in [5, 5.41) is 12.9. The normalized spacial score (nSPS) is 41.7. The van der Waals surface area contributed by atoms with Crippen LogP contribution in [0.2, 0.25) is 0 Å². The minimum absolute atomic E-state index is 0.307. The zero-order valence-electron chi connectivity index (χ0n) is 6.85. The van der Waals surface area contributed by atoms with Crippen molar-refractivity contribution in [3.63, 3.8) is 0 Å². The smallest absolute Gasteiger partial charge is 0.0771 e. The number of nitrogens with one attached hydrogen (secondary N) is 1. The number of likely N-dealkylation sites (N-methyl/N-ethyl adjacent to an activating group) is 1. The number of rotatable bonds is 1. The molecule has 0 aromatic carbocycles. The summed E-state index contributed by atoms with van der Waals surface area (Å²) in [6.07, 6.45) is 4.48. The van der Waals surface area contributed by atoms with Crippen LogP contribution in [0.1, 0.15) is 32.6 Å². The molecule has 0 aromatic heterocycles. The van der Waals surface area contributed by atoms with Crippen molar-refractivity contribution in [2.45, 2.75) is 44.2 Å². The van der Waals surface area contributed by atoms with E-state index in [9.17, 15) is 5.11 Å². The van der Waals surface area contributed by atoms with Gasteiger partial charge in [-0.05, 0) is 26.8 Å². The van der Waals surface area contributed by atoms with E-state index in [0.29, 0.717) is 6.04 Å². The third-order valence-electron chi connectivity index (χ3n) is 2.52. The van der Waals surface area contributed by atoms with Crippen LogP contribution in [0.4, 0.5) is 0 Å². The molecule has 0 bridgehead atoms. The van der Waals surface area contributed by atoms with Gasteiger partial charge in [-0.2, -0.15) is 0 Å². The van der Waals surface area contributed by atoms with Crippen LogP contribution in [-0.2, 0) is 0 Å².